The van der Waals surface area contributed by atoms with Gasteiger partial charge in [0.05, 0.1) is 16.1 Å². The molecule has 2 aromatic carbocycles. The second-order valence-electron chi connectivity index (χ2n) is 9.55. The minimum Gasteiger partial charge on any atom is -0.480 e. The molecule has 3 heterocycles. The van der Waals surface area contributed by atoms with E-state index in [9.17, 15) is 18.3 Å². The van der Waals surface area contributed by atoms with Gasteiger partial charge in [0.2, 0.25) is 0 Å². The molecule has 0 aliphatic carbocycles. The van der Waals surface area contributed by atoms with Crippen molar-refractivity contribution in [2.24, 2.45) is 0 Å². The Morgan fingerprint density at radius 1 is 0.975 bits per heavy atom. The van der Waals surface area contributed by atoms with Crippen molar-refractivity contribution >= 4 is 61.6 Å². The van der Waals surface area contributed by atoms with Crippen LogP contribution in [-0.2, 0) is 14.8 Å². The molecule has 1 saturated heterocycles. The number of likely N-dealkylation sites (tertiary alicyclic amines) is 1. The predicted octanol–water partition coefficient (Wildman–Crippen LogP) is 4.91. The summed E-state index contributed by atoms with van der Waals surface area (Å²) in [5.41, 5.74) is 0.936. The average Bonchev–Trinajstić information content (AvgIpc) is 3.35. The first-order valence-corrected chi connectivity index (χ1v) is 15.0. The average molecular weight is 604 g/mol. The van der Waals surface area contributed by atoms with Crippen LogP contribution >= 0.6 is 23.2 Å². The largest absolute Gasteiger partial charge is 0.480 e. The fraction of sp³-hybridized carbons (Fsp3) is 0.296. The van der Waals surface area contributed by atoms with Gasteiger partial charge in [0, 0.05) is 34.7 Å². The van der Waals surface area contributed by atoms with Gasteiger partial charge >= 0.3 is 5.97 Å². The molecule has 4 aromatic rings. The summed E-state index contributed by atoms with van der Waals surface area (Å²) in [5, 5.41) is 22.4. The summed E-state index contributed by atoms with van der Waals surface area (Å²) in [6, 6.07) is 14.3. The molecule has 13 heteroatoms. The zero-order valence-electron chi connectivity index (χ0n) is 21.5. The Labute approximate surface area is 242 Å². The van der Waals surface area contributed by atoms with Crippen molar-refractivity contribution in [3.8, 4) is 5.82 Å². The molecule has 2 aromatic heterocycles. The monoisotopic (exact) mass is 602 g/mol. The molecule has 2 N–H and O–H groups in total. The third-order valence-electron chi connectivity index (χ3n) is 6.74. The number of carboxylic acids is 1. The number of rotatable bonds is 10. The molecule has 0 unspecified atom stereocenters. The molecule has 1 aliphatic heterocycles. The second-order valence-corrected chi connectivity index (χ2v) is 12.3. The van der Waals surface area contributed by atoms with E-state index in [-0.39, 0.29) is 20.6 Å². The van der Waals surface area contributed by atoms with Crippen LogP contribution in [0, 0.1) is 0 Å². The maximum Gasteiger partial charge on any atom is 0.324 e. The molecule has 210 valence electrons. The molecule has 5 rings (SSSR count). The number of nitrogens with one attached hydrogen (secondary N) is 1. The van der Waals surface area contributed by atoms with Gasteiger partial charge in [-0.25, -0.2) is 8.42 Å². The molecule has 0 atom stereocenters. The summed E-state index contributed by atoms with van der Waals surface area (Å²) in [5.74, 6) is -0.0303. The Morgan fingerprint density at radius 2 is 1.73 bits per heavy atom. The molecular formula is C27H28Cl2N6O4S. The minimum atomic E-state index is -4.28. The van der Waals surface area contributed by atoms with E-state index in [1.165, 1.54) is 37.5 Å². The number of piperidine rings is 1. The van der Waals surface area contributed by atoms with Gasteiger partial charge in [0.15, 0.2) is 5.82 Å². The second kappa shape index (κ2) is 12.0. The third kappa shape index (κ3) is 6.33. The van der Waals surface area contributed by atoms with E-state index >= 15 is 0 Å². The highest BCUT2D eigenvalue weighted by Crippen LogP contribution is 2.31. The molecule has 10 nitrogen and oxygen atoms in total. The normalized spacial score (nSPS) is 14.3. The summed E-state index contributed by atoms with van der Waals surface area (Å²) < 4.78 is 29.5. The van der Waals surface area contributed by atoms with Gasteiger partial charge < -0.3 is 15.3 Å². The number of sulfonamides is 1. The molecule has 0 spiro atoms. The number of anilines is 2. The summed E-state index contributed by atoms with van der Waals surface area (Å²) in [7, 11) is -4.28. The number of benzene rings is 2. The highest BCUT2D eigenvalue weighted by Gasteiger charge is 2.28. The lowest BCUT2D eigenvalue weighted by Crippen LogP contribution is -2.35. The van der Waals surface area contributed by atoms with Gasteiger partial charge in [0.1, 0.15) is 12.4 Å². The topological polar surface area (TPSA) is 121 Å². The molecule has 0 bridgehead atoms. The number of aliphatic carboxylic acids is 1. The lowest BCUT2D eigenvalue weighted by molar-refractivity contribution is -0.135. The van der Waals surface area contributed by atoms with Gasteiger partial charge in [-0.3, -0.25) is 13.7 Å². The van der Waals surface area contributed by atoms with Crippen LogP contribution in [0.5, 0.6) is 0 Å². The lowest BCUT2D eigenvalue weighted by atomic mass is 10.1. The van der Waals surface area contributed by atoms with Crippen LogP contribution < -0.4 is 9.62 Å². The standard InChI is InChI=1S/C27H28Cl2N6O4S/c28-20-15-21(29)17-23(16-20)40(38,39)35(18-27(36)37)22-4-5-24-19(14-22)8-12-34(24)26-7-6-25(31-32-26)30-9-13-33-10-2-1-3-11-33/h4-8,12,14-17H,1-3,9-11,13,18H2,(H,30,31)(H,36,37). The van der Waals surface area contributed by atoms with Crippen LogP contribution in [-0.4, -0.2) is 71.9 Å². The van der Waals surface area contributed by atoms with Crippen molar-refractivity contribution in [3.63, 3.8) is 0 Å². The van der Waals surface area contributed by atoms with E-state index in [1.807, 2.05) is 16.7 Å². The smallest absolute Gasteiger partial charge is 0.324 e. The number of carbonyl (C=O) groups is 1. The van der Waals surface area contributed by atoms with Gasteiger partial charge in [-0.05, 0) is 80.5 Å². The van der Waals surface area contributed by atoms with E-state index in [0.29, 0.717) is 17.0 Å². The summed E-state index contributed by atoms with van der Waals surface area (Å²) in [6.45, 7) is 3.26. The Balaban J connectivity index is 1.36. The fourth-order valence-electron chi connectivity index (χ4n) is 4.80. The molecule has 0 radical (unpaired) electrons. The van der Waals surface area contributed by atoms with Crippen LogP contribution in [0.1, 0.15) is 19.3 Å². The minimum absolute atomic E-state index is 0.123. The summed E-state index contributed by atoms with van der Waals surface area (Å²) in [6.07, 6.45) is 5.62. The number of hydrogen-bond donors (Lipinski definition) is 2. The van der Waals surface area contributed by atoms with Crippen molar-refractivity contribution in [2.75, 3.05) is 42.3 Å². The molecule has 0 amide bonds. The molecule has 1 fully saturated rings. The maximum absolute atomic E-state index is 13.4. The van der Waals surface area contributed by atoms with Crippen LogP contribution in [0.4, 0.5) is 11.5 Å². The number of nitrogens with zero attached hydrogens (tertiary/aromatic N) is 5. The highest BCUT2D eigenvalue weighted by molar-refractivity contribution is 7.92. The molecular weight excluding hydrogens is 575 g/mol. The van der Waals surface area contributed by atoms with Crippen molar-refractivity contribution in [3.05, 3.63) is 70.8 Å². The highest BCUT2D eigenvalue weighted by atomic mass is 35.5. The fourth-order valence-corrected chi connectivity index (χ4v) is 6.93. The van der Waals surface area contributed by atoms with Crippen molar-refractivity contribution in [1.82, 2.24) is 19.7 Å². The van der Waals surface area contributed by atoms with Crippen LogP contribution in [0.3, 0.4) is 0 Å². The predicted molar refractivity (Wildman–Crippen MR) is 156 cm³/mol. The van der Waals surface area contributed by atoms with E-state index < -0.39 is 22.5 Å². The molecule has 40 heavy (non-hydrogen) atoms. The van der Waals surface area contributed by atoms with Crippen LogP contribution in [0.2, 0.25) is 10.0 Å². The number of aromatic nitrogens is 3. The van der Waals surface area contributed by atoms with Crippen molar-refractivity contribution in [2.45, 2.75) is 24.2 Å². The Morgan fingerprint density at radius 3 is 2.40 bits per heavy atom. The summed E-state index contributed by atoms with van der Waals surface area (Å²) >= 11 is 12.0. The van der Waals surface area contributed by atoms with E-state index in [2.05, 4.69) is 20.4 Å². The molecule has 1 aliphatic rings. The van der Waals surface area contributed by atoms with Crippen LogP contribution in [0.15, 0.2) is 65.7 Å². The van der Waals surface area contributed by atoms with Gasteiger partial charge in [0.25, 0.3) is 10.0 Å². The van der Waals surface area contributed by atoms with Gasteiger partial charge in [-0.1, -0.05) is 29.6 Å². The Hall–Kier alpha value is -3.38. The molecule has 0 saturated carbocycles. The first-order chi connectivity index (χ1) is 19.2. The van der Waals surface area contributed by atoms with Crippen LogP contribution in [0.25, 0.3) is 16.7 Å². The zero-order valence-corrected chi connectivity index (χ0v) is 23.8. The van der Waals surface area contributed by atoms with E-state index in [1.54, 1.807) is 30.5 Å². The quantitative estimate of drug-likeness (QED) is 0.263. The van der Waals surface area contributed by atoms with Crippen molar-refractivity contribution < 1.29 is 18.3 Å². The maximum atomic E-state index is 13.4. The van der Waals surface area contributed by atoms with Gasteiger partial charge in [-0.2, -0.15) is 0 Å². The summed E-state index contributed by atoms with van der Waals surface area (Å²) in [4.78, 5) is 13.9. The van der Waals surface area contributed by atoms with E-state index in [0.717, 1.165) is 36.0 Å². The zero-order chi connectivity index (χ0) is 28.3. The lowest BCUT2D eigenvalue weighted by Gasteiger charge is -2.26. The first-order valence-electron chi connectivity index (χ1n) is 12.8. The third-order valence-corrected chi connectivity index (χ3v) is 8.93. The van der Waals surface area contributed by atoms with Crippen molar-refractivity contribution in [1.29, 1.82) is 0 Å². The first kappa shape index (κ1) is 28.2. The Kier molecular flexibility index (Phi) is 8.46. The number of hydrogen-bond acceptors (Lipinski definition) is 7. The number of carboxylic acid groups (broad SMARTS) is 1. The Bertz CT molecular complexity index is 1600. The SMILES string of the molecule is O=C(O)CN(c1ccc2c(ccn2-c2ccc(NCCN3CCCCC3)nn2)c1)S(=O)(=O)c1cc(Cl)cc(Cl)c1. The number of halogens is 2. The van der Waals surface area contributed by atoms with E-state index in [4.69, 9.17) is 23.2 Å². The van der Waals surface area contributed by atoms with Gasteiger partial charge in [-0.15, -0.1) is 10.2 Å². The number of fused-ring (bicyclic) bond motifs is 1.